The van der Waals surface area contributed by atoms with Crippen LogP contribution in [0.2, 0.25) is 5.02 Å². The number of carbonyl (C=O) groups excluding carboxylic acids is 1. The van der Waals surface area contributed by atoms with Gasteiger partial charge in [-0.05, 0) is 36.1 Å². The molecule has 0 bridgehead atoms. The molecule has 0 aliphatic heterocycles. The molecule has 0 saturated carbocycles. The van der Waals surface area contributed by atoms with Crippen LogP contribution < -0.4 is 5.73 Å². The molecule has 2 N–H and O–H groups in total. The van der Waals surface area contributed by atoms with E-state index in [2.05, 4.69) is 0 Å². The molecule has 15 heavy (non-hydrogen) atoms. The van der Waals surface area contributed by atoms with E-state index in [0.717, 1.165) is 12.0 Å². The van der Waals surface area contributed by atoms with E-state index >= 15 is 0 Å². The molecule has 2 nitrogen and oxygen atoms in total. The Kier molecular flexibility index (Phi) is 2.78. The molecule has 0 spiro atoms. The summed E-state index contributed by atoms with van der Waals surface area (Å²) in [5.74, 6) is 0.318. The lowest BCUT2D eigenvalue weighted by atomic mass is 9.86. The highest BCUT2D eigenvalue weighted by molar-refractivity contribution is 6.30. The van der Waals surface area contributed by atoms with E-state index in [4.69, 9.17) is 17.3 Å². The first-order chi connectivity index (χ1) is 7.15. The highest BCUT2D eigenvalue weighted by Crippen LogP contribution is 2.30. The fraction of sp³-hybridized carbons (Fsp3) is 0.250. The van der Waals surface area contributed by atoms with E-state index in [0.29, 0.717) is 17.1 Å². The van der Waals surface area contributed by atoms with E-state index < -0.39 is 0 Å². The summed E-state index contributed by atoms with van der Waals surface area (Å²) in [5.41, 5.74) is 7.50. The van der Waals surface area contributed by atoms with Gasteiger partial charge in [0.1, 0.15) is 0 Å². The van der Waals surface area contributed by atoms with Crippen molar-refractivity contribution in [2.24, 2.45) is 5.73 Å². The smallest absolute Gasteiger partial charge is 0.158 e. The molecule has 1 atom stereocenters. The number of allylic oxidation sites excluding steroid dienone is 2. The summed E-state index contributed by atoms with van der Waals surface area (Å²) >= 11 is 5.80. The van der Waals surface area contributed by atoms with Crippen molar-refractivity contribution < 1.29 is 4.79 Å². The second-order valence-electron chi connectivity index (χ2n) is 3.84. The van der Waals surface area contributed by atoms with Crippen molar-refractivity contribution in [1.82, 2.24) is 0 Å². The quantitative estimate of drug-likeness (QED) is 0.792. The van der Waals surface area contributed by atoms with Crippen molar-refractivity contribution >= 4 is 17.4 Å². The van der Waals surface area contributed by atoms with Gasteiger partial charge in [0.05, 0.1) is 0 Å². The second kappa shape index (κ2) is 4.07. The summed E-state index contributed by atoms with van der Waals surface area (Å²) in [7, 11) is 0. The third-order valence-corrected chi connectivity index (χ3v) is 2.87. The summed E-state index contributed by atoms with van der Waals surface area (Å²) in [6, 6.07) is 7.60. The number of halogens is 1. The van der Waals surface area contributed by atoms with Crippen LogP contribution in [0.3, 0.4) is 0 Å². The van der Waals surface area contributed by atoms with Gasteiger partial charge in [-0.3, -0.25) is 4.79 Å². The number of carbonyl (C=O) groups is 1. The topological polar surface area (TPSA) is 43.1 Å². The fourth-order valence-corrected chi connectivity index (χ4v) is 2.02. The zero-order chi connectivity index (χ0) is 10.8. The van der Waals surface area contributed by atoms with Crippen LogP contribution in [0.15, 0.2) is 36.0 Å². The zero-order valence-corrected chi connectivity index (χ0v) is 9.00. The highest BCUT2D eigenvalue weighted by atomic mass is 35.5. The summed E-state index contributed by atoms with van der Waals surface area (Å²) in [6.45, 7) is 0. The number of nitrogens with two attached hydrogens (primary N) is 1. The van der Waals surface area contributed by atoms with Crippen molar-refractivity contribution in [3.05, 3.63) is 46.6 Å². The molecule has 3 heteroatoms. The largest absolute Gasteiger partial charge is 0.402 e. The highest BCUT2D eigenvalue weighted by Gasteiger charge is 2.20. The van der Waals surface area contributed by atoms with Gasteiger partial charge in [-0.2, -0.15) is 0 Å². The number of hydrogen-bond acceptors (Lipinski definition) is 2. The van der Waals surface area contributed by atoms with Gasteiger partial charge in [0, 0.05) is 17.1 Å². The predicted molar refractivity (Wildman–Crippen MR) is 60.7 cm³/mol. The first-order valence-corrected chi connectivity index (χ1v) is 5.27. The Morgan fingerprint density at radius 2 is 1.87 bits per heavy atom. The molecule has 0 radical (unpaired) electrons. The van der Waals surface area contributed by atoms with E-state index in [9.17, 15) is 4.79 Å². The van der Waals surface area contributed by atoms with Crippen LogP contribution in [0.5, 0.6) is 0 Å². The average Bonchev–Trinajstić information content (AvgIpc) is 2.17. The minimum atomic E-state index is 0.110. The molecule has 78 valence electrons. The van der Waals surface area contributed by atoms with E-state index in [1.54, 1.807) is 0 Å². The van der Waals surface area contributed by atoms with Crippen LogP contribution >= 0.6 is 11.6 Å². The Bertz CT molecular complexity index is 408. The van der Waals surface area contributed by atoms with E-state index in [1.165, 1.54) is 6.08 Å². The van der Waals surface area contributed by atoms with Crippen LogP contribution in [0.1, 0.15) is 24.3 Å². The van der Waals surface area contributed by atoms with Gasteiger partial charge >= 0.3 is 0 Å². The first-order valence-electron chi connectivity index (χ1n) is 4.89. The summed E-state index contributed by atoms with van der Waals surface area (Å²) in [4.78, 5) is 11.3. The minimum absolute atomic E-state index is 0.110. The third-order valence-electron chi connectivity index (χ3n) is 2.62. The Labute approximate surface area is 93.7 Å². The van der Waals surface area contributed by atoms with Crippen molar-refractivity contribution in [3.63, 3.8) is 0 Å². The lowest BCUT2D eigenvalue weighted by molar-refractivity contribution is -0.115. The van der Waals surface area contributed by atoms with Crippen LogP contribution in [-0.4, -0.2) is 5.78 Å². The number of hydrogen-bond donors (Lipinski definition) is 1. The van der Waals surface area contributed by atoms with Crippen molar-refractivity contribution in [3.8, 4) is 0 Å². The van der Waals surface area contributed by atoms with Crippen LogP contribution in [-0.2, 0) is 4.79 Å². The SMILES string of the molecule is NC1=CC(=O)C[C@@H](c2ccc(Cl)cc2)C1. The molecular weight excluding hydrogens is 210 g/mol. The van der Waals surface area contributed by atoms with Crippen molar-refractivity contribution in [2.75, 3.05) is 0 Å². The predicted octanol–water partition coefficient (Wildman–Crippen LogP) is 2.63. The number of rotatable bonds is 1. The van der Waals surface area contributed by atoms with Gasteiger partial charge in [0.2, 0.25) is 0 Å². The standard InChI is InChI=1S/C12H12ClNO/c13-10-3-1-8(2-4-10)9-5-11(14)7-12(15)6-9/h1-4,7,9H,5-6,14H2/t9-/m0/s1. The molecule has 2 rings (SSSR count). The van der Waals surface area contributed by atoms with E-state index in [-0.39, 0.29) is 11.7 Å². The van der Waals surface area contributed by atoms with Crippen LogP contribution in [0.4, 0.5) is 0 Å². The van der Waals surface area contributed by atoms with Crippen molar-refractivity contribution in [1.29, 1.82) is 0 Å². The Morgan fingerprint density at radius 1 is 1.20 bits per heavy atom. The van der Waals surface area contributed by atoms with Crippen LogP contribution in [0.25, 0.3) is 0 Å². The summed E-state index contributed by atoms with van der Waals surface area (Å²) < 4.78 is 0. The van der Waals surface area contributed by atoms with E-state index in [1.807, 2.05) is 24.3 Å². The van der Waals surface area contributed by atoms with Gasteiger partial charge in [-0.1, -0.05) is 23.7 Å². The van der Waals surface area contributed by atoms with Gasteiger partial charge in [-0.15, -0.1) is 0 Å². The van der Waals surface area contributed by atoms with Gasteiger partial charge in [0.15, 0.2) is 5.78 Å². The van der Waals surface area contributed by atoms with Gasteiger partial charge < -0.3 is 5.73 Å². The summed E-state index contributed by atoms with van der Waals surface area (Å²) in [6.07, 6.45) is 2.84. The molecule has 1 aliphatic rings. The number of benzene rings is 1. The second-order valence-corrected chi connectivity index (χ2v) is 4.28. The molecule has 1 aromatic rings. The molecule has 0 amide bonds. The average molecular weight is 222 g/mol. The lowest BCUT2D eigenvalue weighted by Crippen LogP contribution is -2.16. The molecule has 0 saturated heterocycles. The van der Waals surface area contributed by atoms with Crippen molar-refractivity contribution in [2.45, 2.75) is 18.8 Å². The third kappa shape index (κ3) is 2.39. The Balaban J connectivity index is 2.22. The minimum Gasteiger partial charge on any atom is -0.402 e. The Morgan fingerprint density at radius 3 is 2.47 bits per heavy atom. The van der Waals surface area contributed by atoms with Crippen LogP contribution in [0, 0.1) is 0 Å². The normalized spacial score (nSPS) is 21.3. The molecule has 0 aromatic heterocycles. The monoisotopic (exact) mass is 221 g/mol. The maximum absolute atomic E-state index is 11.3. The first kappa shape index (κ1) is 10.2. The van der Waals surface area contributed by atoms with Gasteiger partial charge in [-0.25, -0.2) is 0 Å². The maximum Gasteiger partial charge on any atom is 0.158 e. The lowest BCUT2D eigenvalue weighted by Gasteiger charge is -2.20. The number of ketones is 1. The molecular formula is C12H12ClNO. The molecule has 1 aromatic carbocycles. The molecule has 1 aliphatic carbocycles. The summed E-state index contributed by atoms with van der Waals surface area (Å²) in [5, 5.41) is 0.712. The fourth-order valence-electron chi connectivity index (χ4n) is 1.89. The van der Waals surface area contributed by atoms with Gasteiger partial charge in [0.25, 0.3) is 0 Å². The molecule has 0 heterocycles. The maximum atomic E-state index is 11.3. The molecule has 0 fully saturated rings. The Hall–Kier alpha value is -1.28. The molecule has 0 unspecified atom stereocenters. The zero-order valence-electron chi connectivity index (χ0n) is 8.24.